The van der Waals surface area contributed by atoms with Crippen LogP contribution in [0.4, 0.5) is 0 Å². The number of pyridine rings is 1. The van der Waals surface area contributed by atoms with E-state index in [4.69, 9.17) is 9.47 Å². The maximum Gasteiger partial charge on any atom is 0.128 e. The van der Waals surface area contributed by atoms with Crippen molar-refractivity contribution in [2.45, 2.75) is 52.4 Å². The summed E-state index contributed by atoms with van der Waals surface area (Å²) in [6.45, 7) is 5.88. The van der Waals surface area contributed by atoms with Crippen LogP contribution in [0.3, 0.4) is 0 Å². The lowest BCUT2D eigenvalue weighted by molar-refractivity contribution is 0.218. The first-order valence-electron chi connectivity index (χ1n) is 14.9. The molecule has 42 heavy (non-hydrogen) atoms. The first-order chi connectivity index (χ1) is 20.6. The minimum atomic E-state index is 0.234. The molecule has 6 nitrogen and oxygen atoms in total. The molecule has 1 saturated heterocycles. The number of benzene rings is 3. The molecule has 1 aromatic heterocycles. The fraction of sp³-hybridized carbons (Fsp3) is 0.333. The van der Waals surface area contributed by atoms with Gasteiger partial charge in [-0.15, -0.1) is 0 Å². The standard InChI is InChI=1S/C36H37N3O3/c1-25-30(9-5-10-31(25)29-7-3-2-4-8-29)24-42-35-16-36(41-23-28-15-27(17-37)18-38-19-28)34(32-11-6-12-33(32)35)21-39-14-13-26(20-39)22-40/h2-5,7-10,15-16,18-19,26,40H,6,11-14,20-24H2,1H3/t26-/m1/s1. The van der Waals surface area contributed by atoms with Crippen molar-refractivity contribution < 1.29 is 14.6 Å². The number of hydrogen-bond donors (Lipinski definition) is 1. The molecule has 0 radical (unpaired) electrons. The molecule has 0 spiro atoms. The summed E-state index contributed by atoms with van der Waals surface area (Å²) in [5, 5.41) is 19.0. The number of ether oxygens (including phenoxy) is 2. The summed E-state index contributed by atoms with van der Waals surface area (Å²) in [5.41, 5.74) is 10.1. The first-order valence-corrected chi connectivity index (χ1v) is 14.9. The Hall–Kier alpha value is -4.18. The zero-order valence-corrected chi connectivity index (χ0v) is 24.2. The number of aromatic nitrogens is 1. The van der Waals surface area contributed by atoms with Crippen molar-refractivity contribution in [1.82, 2.24) is 9.88 Å². The second-order valence-corrected chi connectivity index (χ2v) is 11.5. The average molecular weight is 560 g/mol. The molecule has 1 aliphatic heterocycles. The van der Waals surface area contributed by atoms with E-state index in [0.717, 1.165) is 62.4 Å². The van der Waals surface area contributed by atoms with E-state index >= 15 is 0 Å². The second kappa shape index (κ2) is 12.8. The Morgan fingerprint density at radius 3 is 2.62 bits per heavy atom. The van der Waals surface area contributed by atoms with Gasteiger partial charge in [-0.25, -0.2) is 0 Å². The van der Waals surface area contributed by atoms with Crippen LogP contribution in [0.1, 0.15) is 51.8 Å². The molecular formula is C36H37N3O3. The zero-order chi connectivity index (χ0) is 28.9. The van der Waals surface area contributed by atoms with Crippen LogP contribution in [0.15, 0.2) is 73.1 Å². The number of hydrogen-bond acceptors (Lipinski definition) is 6. The highest BCUT2D eigenvalue weighted by Gasteiger charge is 2.28. The van der Waals surface area contributed by atoms with E-state index in [9.17, 15) is 10.4 Å². The molecule has 6 heteroatoms. The van der Waals surface area contributed by atoms with E-state index < -0.39 is 0 Å². The molecule has 3 aromatic carbocycles. The summed E-state index contributed by atoms with van der Waals surface area (Å²) in [6, 6.07) is 23.0. The van der Waals surface area contributed by atoms with Crippen LogP contribution in [0.25, 0.3) is 11.1 Å². The maximum atomic E-state index is 9.71. The van der Waals surface area contributed by atoms with E-state index in [1.807, 2.05) is 12.1 Å². The van der Waals surface area contributed by atoms with Crippen LogP contribution in [0.5, 0.6) is 11.5 Å². The molecule has 0 unspecified atom stereocenters. The molecule has 1 aliphatic carbocycles. The van der Waals surface area contributed by atoms with Gasteiger partial charge in [0.25, 0.3) is 0 Å². The van der Waals surface area contributed by atoms with E-state index in [1.165, 1.54) is 38.9 Å². The Balaban J connectivity index is 1.30. The van der Waals surface area contributed by atoms with Crippen molar-refractivity contribution in [3.8, 4) is 28.7 Å². The number of rotatable bonds is 10. The topological polar surface area (TPSA) is 78.6 Å². The van der Waals surface area contributed by atoms with Crippen LogP contribution in [0.2, 0.25) is 0 Å². The third-order valence-electron chi connectivity index (χ3n) is 8.68. The van der Waals surface area contributed by atoms with Gasteiger partial charge in [0.1, 0.15) is 30.8 Å². The van der Waals surface area contributed by atoms with E-state index in [1.54, 1.807) is 12.4 Å². The fourth-order valence-electron chi connectivity index (χ4n) is 6.37. The lowest BCUT2D eigenvalue weighted by Crippen LogP contribution is -2.22. The Morgan fingerprint density at radius 1 is 0.976 bits per heavy atom. The van der Waals surface area contributed by atoms with Gasteiger partial charge in [-0.2, -0.15) is 5.26 Å². The van der Waals surface area contributed by atoms with Crippen molar-refractivity contribution in [3.05, 3.63) is 112 Å². The summed E-state index contributed by atoms with van der Waals surface area (Å²) in [6.07, 6.45) is 7.43. The lowest BCUT2D eigenvalue weighted by atomic mass is 9.97. The number of aliphatic hydroxyl groups excluding tert-OH is 1. The maximum absolute atomic E-state index is 9.71. The number of nitrogens with zero attached hydrogens (tertiary/aromatic N) is 3. The minimum absolute atomic E-state index is 0.234. The highest BCUT2D eigenvalue weighted by molar-refractivity contribution is 5.68. The smallest absolute Gasteiger partial charge is 0.128 e. The van der Waals surface area contributed by atoms with Crippen molar-refractivity contribution in [1.29, 1.82) is 5.26 Å². The molecular weight excluding hydrogens is 522 g/mol. The SMILES string of the molecule is Cc1c(COc2cc(OCc3cncc(C#N)c3)c(CN3CC[C@@H](CO)C3)c3c2CCC3)cccc1-c1ccccc1. The second-order valence-electron chi connectivity index (χ2n) is 11.5. The highest BCUT2D eigenvalue weighted by atomic mass is 16.5. The monoisotopic (exact) mass is 559 g/mol. The quantitative estimate of drug-likeness (QED) is 0.243. The Morgan fingerprint density at radius 2 is 1.81 bits per heavy atom. The highest BCUT2D eigenvalue weighted by Crippen LogP contribution is 2.41. The Labute approximate surface area is 248 Å². The molecule has 0 saturated carbocycles. The summed E-state index contributed by atoms with van der Waals surface area (Å²) in [4.78, 5) is 6.64. The van der Waals surface area contributed by atoms with Crippen LogP contribution in [-0.2, 0) is 32.6 Å². The van der Waals surface area contributed by atoms with Gasteiger partial charge in [0.15, 0.2) is 0 Å². The van der Waals surface area contributed by atoms with E-state index in [0.29, 0.717) is 24.7 Å². The van der Waals surface area contributed by atoms with Crippen molar-refractivity contribution >= 4 is 0 Å². The van der Waals surface area contributed by atoms with Crippen molar-refractivity contribution in [2.75, 3.05) is 19.7 Å². The summed E-state index contributed by atoms with van der Waals surface area (Å²) >= 11 is 0. The number of nitriles is 1. The summed E-state index contributed by atoms with van der Waals surface area (Å²) in [7, 11) is 0. The van der Waals surface area contributed by atoms with Crippen LogP contribution < -0.4 is 9.47 Å². The number of fused-ring (bicyclic) bond motifs is 1. The molecule has 1 fully saturated rings. The molecule has 0 bridgehead atoms. The molecule has 4 aromatic rings. The zero-order valence-electron chi connectivity index (χ0n) is 24.2. The van der Waals surface area contributed by atoms with Crippen LogP contribution >= 0.6 is 0 Å². The molecule has 2 heterocycles. The van der Waals surface area contributed by atoms with Gasteiger partial charge in [-0.05, 0) is 84.5 Å². The van der Waals surface area contributed by atoms with E-state index in [2.05, 4.69) is 71.4 Å². The third kappa shape index (κ3) is 6.04. The summed E-state index contributed by atoms with van der Waals surface area (Å²) < 4.78 is 13.1. The van der Waals surface area contributed by atoms with Gasteiger partial charge in [0, 0.05) is 49.3 Å². The van der Waals surface area contributed by atoms with E-state index in [-0.39, 0.29) is 6.61 Å². The predicted molar refractivity (Wildman–Crippen MR) is 163 cm³/mol. The average Bonchev–Trinajstić information content (AvgIpc) is 3.71. The number of likely N-dealkylation sites (tertiary alicyclic amines) is 1. The Kier molecular flexibility index (Phi) is 8.50. The van der Waals surface area contributed by atoms with Gasteiger partial charge in [-0.3, -0.25) is 9.88 Å². The van der Waals surface area contributed by atoms with Gasteiger partial charge in [0.2, 0.25) is 0 Å². The van der Waals surface area contributed by atoms with Gasteiger partial charge in [-0.1, -0.05) is 48.5 Å². The lowest BCUT2D eigenvalue weighted by Gasteiger charge is -2.23. The normalized spacial score (nSPS) is 16.3. The molecule has 1 N–H and O–H groups in total. The number of aliphatic hydroxyl groups is 1. The molecule has 214 valence electrons. The molecule has 0 amide bonds. The fourth-order valence-corrected chi connectivity index (χ4v) is 6.37. The predicted octanol–water partition coefficient (Wildman–Crippen LogP) is 6.39. The molecule has 6 rings (SSSR count). The minimum Gasteiger partial charge on any atom is -0.488 e. The molecule has 1 atom stereocenters. The van der Waals surface area contributed by atoms with Crippen molar-refractivity contribution in [3.63, 3.8) is 0 Å². The van der Waals surface area contributed by atoms with Crippen LogP contribution in [0, 0.1) is 24.2 Å². The molecule has 2 aliphatic rings. The van der Waals surface area contributed by atoms with Gasteiger partial charge >= 0.3 is 0 Å². The first kappa shape index (κ1) is 28.0. The van der Waals surface area contributed by atoms with Crippen molar-refractivity contribution in [2.24, 2.45) is 5.92 Å². The Bertz CT molecular complexity index is 1590. The van der Waals surface area contributed by atoms with Gasteiger partial charge in [0.05, 0.1) is 5.56 Å². The third-order valence-corrected chi connectivity index (χ3v) is 8.68. The largest absolute Gasteiger partial charge is 0.488 e. The van der Waals surface area contributed by atoms with Crippen LogP contribution in [-0.4, -0.2) is 34.7 Å². The van der Waals surface area contributed by atoms with Gasteiger partial charge < -0.3 is 14.6 Å². The summed E-state index contributed by atoms with van der Waals surface area (Å²) in [5.74, 6) is 2.05.